The smallest absolute Gasteiger partial charge is 0.160 e. The van der Waals surface area contributed by atoms with Crippen LogP contribution in [0.25, 0.3) is 21.9 Å². The average Bonchev–Trinajstić information content (AvgIpc) is 2.72. The Morgan fingerprint density at radius 3 is 2.64 bits per heavy atom. The van der Waals surface area contributed by atoms with Crippen LogP contribution < -0.4 is 0 Å². The highest BCUT2D eigenvalue weighted by Crippen LogP contribution is 2.36. The second-order valence-corrected chi connectivity index (χ2v) is 8.24. The molecule has 0 bridgehead atoms. The summed E-state index contributed by atoms with van der Waals surface area (Å²) in [6, 6.07) is 5.37. The van der Waals surface area contributed by atoms with Gasteiger partial charge < -0.3 is 0 Å². The van der Waals surface area contributed by atoms with E-state index in [2.05, 4.69) is 10.1 Å². The van der Waals surface area contributed by atoms with E-state index in [-0.39, 0.29) is 12.3 Å². The summed E-state index contributed by atoms with van der Waals surface area (Å²) in [4.78, 5) is 4.56. The van der Waals surface area contributed by atoms with Gasteiger partial charge in [0.1, 0.15) is 9.84 Å². The minimum atomic E-state index is -3.08. The molecule has 8 heteroatoms. The Morgan fingerprint density at radius 1 is 1.23 bits per heavy atom. The highest BCUT2D eigenvalue weighted by Gasteiger charge is 2.17. The Hall–Kier alpha value is -1.37. The molecule has 3 aromatic rings. The van der Waals surface area contributed by atoms with Gasteiger partial charge in [0.05, 0.1) is 38.9 Å². The lowest BCUT2D eigenvalue weighted by Crippen LogP contribution is -2.12. The summed E-state index contributed by atoms with van der Waals surface area (Å²) in [7, 11) is -3.08. The van der Waals surface area contributed by atoms with Gasteiger partial charge in [0, 0.05) is 11.6 Å². The van der Waals surface area contributed by atoms with Crippen molar-refractivity contribution in [3.63, 3.8) is 0 Å². The van der Waals surface area contributed by atoms with Crippen LogP contribution in [-0.2, 0) is 16.4 Å². The van der Waals surface area contributed by atoms with Gasteiger partial charge in [0.2, 0.25) is 0 Å². The van der Waals surface area contributed by atoms with Crippen LogP contribution in [0, 0.1) is 6.92 Å². The number of rotatable bonds is 3. The van der Waals surface area contributed by atoms with Crippen molar-refractivity contribution in [1.82, 2.24) is 14.8 Å². The van der Waals surface area contributed by atoms with Crippen molar-refractivity contribution < 1.29 is 8.42 Å². The van der Waals surface area contributed by atoms with E-state index < -0.39 is 9.84 Å². The highest BCUT2D eigenvalue weighted by atomic mass is 35.5. The summed E-state index contributed by atoms with van der Waals surface area (Å²) in [5.74, 6) is -0.00387. The van der Waals surface area contributed by atoms with Gasteiger partial charge in [-0.2, -0.15) is 5.10 Å². The molecule has 0 fully saturated rings. The zero-order chi connectivity index (χ0) is 16.1. The van der Waals surface area contributed by atoms with Crippen LogP contribution in [0.15, 0.2) is 18.2 Å². The molecule has 0 atom stereocenters. The molecule has 2 heterocycles. The van der Waals surface area contributed by atoms with Crippen LogP contribution in [-0.4, -0.2) is 35.2 Å². The molecule has 0 N–H and O–H groups in total. The number of aryl methyl sites for hydroxylation is 2. The Bertz CT molecular complexity index is 996. The lowest BCUT2D eigenvalue weighted by Gasteiger charge is -2.06. The van der Waals surface area contributed by atoms with E-state index in [4.69, 9.17) is 23.2 Å². The minimum absolute atomic E-state index is 0.00387. The van der Waals surface area contributed by atoms with Crippen LogP contribution in [0.2, 0.25) is 10.0 Å². The molecular formula is C14H13Cl2N3O2S. The highest BCUT2D eigenvalue weighted by molar-refractivity contribution is 7.90. The SMILES string of the molecule is Cc1nn(CCS(C)(=O)=O)c2nc3cccc(Cl)c3c(Cl)c12. The fraction of sp³-hybridized carbons (Fsp3) is 0.286. The van der Waals surface area contributed by atoms with Crippen molar-refractivity contribution in [3.05, 3.63) is 33.9 Å². The normalized spacial score (nSPS) is 12.4. The van der Waals surface area contributed by atoms with Crippen molar-refractivity contribution in [1.29, 1.82) is 0 Å². The molecule has 116 valence electrons. The number of hydrogen-bond acceptors (Lipinski definition) is 4. The molecule has 0 aliphatic carbocycles. The first-order valence-electron chi connectivity index (χ1n) is 6.56. The summed E-state index contributed by atoms with van der Waals surface area (Å²) < 4.78 is 24.3. The molecule has 0 unspecified atom stereocenters. The van der Waals surface area contributed by atoms with Gasteiger partial charge in [-0.25, -0.2) is 18.1 Å². The van der Waals surface area contributed by atoms with Gasteiger partial charge >= 0.3 is 0 Å². The van der Waals surface area contributed by atoms with E-state index in [0.717, 1.165) is 0 Å². The summed E-state index contributed by atoms with van der Waals surface area (Å²) in [5.41, 5.74) is 1.93. The first-order valence-corrected chi connectivity index (χ1v) is 9.38. The van der Waals surface area contributed by atoms with E-state index >= 15 is 0 Å². The van der Waals surface area contributed by atoms with Crippen LogP contribution >= 0.6 is 23.2 Å². The molecular weight excluding hydrogens is 345 g/mol. The fourth-order valence-corrected chi connectivity index (χ4v) is 3.65. The summed E-state index contributed by atoms with van der Waals surface area (Å²) in [6.07, 6.45) is 1.20. The molecule has 5 nitrogen and oxygen atoms in total. The fourth-order valence-electron chi connectivity index (χ4n) is 2.41. The largest absolute Gasteiger partial charge is 0.246 e. The third-order valence-corrected chi connectivity index (χ3v) is 5.05. The number of hydrogen-bond donors (Lipinski definition) is 0. The van der Waals surface area contributed by atoms with Gasteiger partial charge in [-0.05, 0) is 19.1 Å². The maximum atomic E-state index is 11.4. The Morgan fingerprint density at radius 2 is 1.95 bits per heavy atom. The quantitative estimate of drug-likeness (QED) is 0.721. The number of aromatic nitrogens is 3. The maximum absolute atomic E-state index is 11.4. The summed E-state index contributed by atoms with van der Waals surface area (Å²) in [5, 5.41) is 6.78. The Balaban J connectivity index is 2.28. The lowest BCUT2D eigenvalue weighted by molar-refractivity contribution is 0.588. The van der Waals surface area contributed by atoms with Crippen LogP contribution in [0.3, 0.4) is 0 Å². The Kier molecular flexibility index (Phi) is 3.79. The second-order valence-electron chi connectivity index (χ2n) is 5.20. The molecule has 0 amide bonds. The molecule has 0 saturated heterocycles. The number of sulfone groups is 1. The predicted octanol–water partition coefficient (Wildman–Crippen LogP) is 3.24. The van der Waals surface area contributed by atoms with E-state index in [1.807, 2.05) is 13.0 Å². The van der Waals surface area contributed by atoms with Crippen molar-refractivity contribution in [2.75, 3.05) is 12.0 Å². The number of pyridine rings is 1. The van der Waals surface area contributed by atoms with Gasteiger partial charge in [0.15, 0.2) is 5.65 Å². The van der Waals surface area contributed by atoms with E-state index in [0.29, 0.717) is 37.7 Å². The molecule has 0 aliphatic rings. The molecule has 0 saturated carbocycles. The maximum Gasteiger partial charge on any atom is 0.160 e. The zero-order valence-corrected chi connectivity index (χ0v) is 14.3. The number of nitrogens with zero attached hydrogens (tertiary/aromatic N) is 3. The minimum Gasteiger partial charge on any atom is -0.246 e. The number of halogens is 2. The van der Waals surface area contributed by atoms with Crippen molar-refractivity contribution in [2.45, 2.75) is 13.5 Å². The monoisotopic (exact) mass is 357 g/mol. The number of fused-ring (bicyclic) bond motifs is 2. The molecule has 1 aromatic carbocycles. The first kappa shape index (κ1) is 15.5. The zero-order valence-electron chi connectivity index (χ0n) is 12.0. The summed E-state index contributed by atoms with van der Waals surface area (Å²) >= 11 is 12.7. The molecule has 2 aromatic heterocycles. The van der Waals surface area contributed by atoms with Crippen molar-refractivity contribution >= 4 is 55.0 Å². The molecule has 0 spiro atoms. The van der Waals surface area contributed by atoms with Gasteiger partial charge in [0.25, 0.3) is 0 Å². The third-order valence-electron chi connectivity index (χ3n) is 3.43. The Labute approximate surface area is 137 Å². The average molecular weight is 358 g/mol. The molecule has 0 radical (unpaired) electrons. The summed E-state index contributed by atoms with van der Waals surface area (Å²) in [6.45, 7) is 2.05. The first-order chi connectivity index (χ1) is 10.3. The van der Waals surface area contributed by atoms with Crippen LogP contribution in [0.1, 0.15) is 5.69 Å². The van der Waals surface area contributed by atoms with E-state index in [1.165, 1.54) is 6.26 Å². The van der Waals surface area contributed by atoms with Crippen LogP contribution in [0.4, 0.5) is 0 Å². The molecule has 0 aliphatic heterocycles. The van der Waals surface area contributed by atoms with Gasteiger partial charge in [-0.3, -0.25) is 0 Å². The third kappa shape index (κ3) is 2.66. The van der Waals surface area contributed by atoms with E-state index in [1.54, 1.807) is 16.8 Å². The number of benzene rings is 1. The van der Waals surface area contributed by atoms with Crippen molar-refractivity contribution in [3.8, 4) is 0 Å². The van der Waals surface area contributed by atoms with Crippen molar-refractivity contribution in [2.24, 2.45) is 0 Å². The standard InChI is InChI=1S/C14H13Cl2N3O2S/c1-8-11-13(16)12-9(15)4-3-5-10(12)17-14(11)19(18-8)6-7-22(2,20)21/h3-5H,6-7H2,1-2H3. The van der Waals surface area contributed by atoms with Gasteiger partial charge in [-0.15, -0.1) is 0 Å². The van der Waals surface area contributed by atoms with E-state index in [9.17, 15) is 8.42 Å². The molecule has 22 heavy (non-hydrogen) atoms. The van der Waals surface area contributed by atoms with Gasteiger partial charge in [-0.1, -0.05) is 29.3 Å². The predicted molar refractivity (Wildman–Crippen MR) is 89.5 cm³/mol. The molecule has 3 rings (SSSR count). The second kappa shape index (κ2) is 5.37. The van der Waals surface area contributed by atoms with Crippen LogP contribution in [0.5, 0.6) is 0 Å². The topological polar surface area (TPSA) is 64.8 Å². The lowest BCUT2D eigenvalue weighted by atomic mass is 10.1.